The first-order valence-electron chi connectivity index (χ1n) is 5.27. The molecule has 1 heterocycles. The van der Waals surface area contributed by atoms with Gasteiger partial charge < -0.3 is 5.32 Å². The van der Waals surface area contributed by atoms with Crippen molar-refractivity contribution < 1.29 is 22.4 Å². The highest BCUT2D eigenvalue weighted by molar-refractivity contribution is 5.98. The molecule has 1 aliphatic rings. The number of nitrogens with zero attached hydrogens (tertiary/aromatic N) is 1. The molecule has 1 aliphatic heterocycles. The second kappa shape index (κ2) is 4.52. The van der Waals surface area contributed by atoms with Gasteiger partial charge in [0.2, 0.25) is 5.91 Å². The summed E-state index contributed by atoms with van der Waals surface area (Å²) in [7, 11) is 1.31. The van der Waals surface area contributed by atoms with Crippen molar-refractivity contribution in [1.29, 1.82) is 5.41 Å². The van der Waals surface area contributed by atoms with Gasteiger partial charge in [0.15, 0.2) is 23.4 Å². The first-order valence-corrected chi connectivity index (χ1v) is 5.27. The van der Waals surface area contributed by atoms with E-state index in [0.29, 0.717) is 0 Å². The standard InChI is InChI=1S/C11H9F4N3O/c1-18-7(19)3-6(17-11(18)16)8-4(12)2-5(13)9(14)10(8)15/h2,6H,3H2,1H3,(H2,16,17)/t6-/m1/s1. The molecule has 2 N–H and O–H groups in total. The van der Waals surface area contributed by atoms with Crippen molar-refractivity contribution in [3.63, 3.8) is 0 Å². The molecule has 4 nitrogen and oxygen atoms in total. The number of carbonyl (C=O) groups excluding carboxylic acids is 1. The van der Waals surface area contributed by atoms with Gasteiger partial charge in [-0.1, -0.05) is 0 Å². The predicted molar refractivity (Wildman–Crippen MR) is 57.3 cm³/mol. The van der Waals surface area contributed by atoms with Gasteiger partial charge in [-0.25, -0.2) is 17.6 Å². The van der Waals surface area contributed by atoms with Crippen LogP contribution in [0.3, 0.4) is 0 Å². The lowest BCUT2D eigenvalue weighted by molar-refractivity contribution is -0.128. The van der Waals surface area contributed by atoms with Crippen molar-refractivity contribution in [2.75, 3.05) is 7.05 Å². The minimum atomic E-state index is -1.81. The highest BCUT2D eigenvalue weighted by atomic mass is 19.2. The van der Waals surface area contributed by atoms with Gasteiger partial charge in [0.25, 0.3) is 0 Å². The molecule has 1 aromatic carbocycles. The minimum Gasteiger partial charge on any atom is -0.349 e. The number of hydrogen-bond donors (Lipinski definition) is 2. The summed E-state index contributed by atoms with van der Waals surface area (Å²) in [5.41, 5.74) is -0.787. The SMILES string of the molecule is CN1C(=N)N[C@@H](c2c(F)cc(F)c(F)c2F)CC1=O. The number of hydrogen-bond acceptors (Lipinski definition) is 2. The summed E-state index contributed by atoms with van der Waals surface area (Å²) in [6.45, 7) is 0. The minimum absolute atomic E-state index is 0.210. The normalized spacial score (nSPS) is 19.6. The van der Waals surface area contributed by atoms with Crippen LogP contribution in [0.25, 0.3) is 0 Å². The first-order chi connectivity index (χ1) is 8.82. The Kier molecular flexibility index (Phi) is 3.17. The molecule has 1 fully saturated rings. The van der Waals surface area contributed by atoms with Crippen LogP contribution < -0.4 is 5.32 Å². The van der Waals surface area contributed by atoms with Crippen LogP contribution in [-0.2, 0) is 4.79 Å². The van der Waals surface area contributed by atoms with Crippen LogP contribution in [0.2, 0.25) is 0 Å². The molecule has 102 valence electrons. The second-order valence-corrected chi connectivity index (χ2v) is 4.08. The predicted octanol–water partition coefficient (Wildman–Crippen LogP) is 1.67. The Morgan fingerprint density at radius 3 is 2.47 bits per heavy atom. The molecular formula is C11H9F4N3O. The molecule has 0 aromatic heterocycles. The maximum absolute atomic E-state index is 13.6. The van der Waals surface area contributed by atoms with E-state index in [0.717, 1.165) is 4.90 Å². The zero-order valence-electron chi connectivity index (χ0n) is 9.73. The average molecular weight is 275 g/mol. The Balaban J connectivity index is 2.46. The van der Waals surface area contributed by atoms with E-state index >= 15 is 0 Å². The third-order valence-electron chi connectivity index (χ3n) is 2.90. The third kappa shape index (κ3) is 2.13. The highest BCUT2D eigenvalue weighted by Gasteiger charge is 2.33. The average Bonchev–Trinajstić information content (AvgIpc) is 2.33. The molecule has 0 radical (unpaired) electrons. The van der Waals surface area contributed by atoms with Crippen molar-refractivity contribution >= 4 is 11.9 Å². The molecule has 0 bridgehead atoms. The van der Waals surface area contributed by atoms with Crippen molar-refractivity contribution in [3.8, 4) is 0 Å². The van der Waals surface area contributed by atoms with Gasteiger partial charge >= 0.3 is 0 Å². The molecule has 1 saturated heterocycles. The van der Waals surface area contributed by atoms with E-state index in [-0.39, 0.29) is 18.4 Å². The highest BCUT2D eigenvalue weighted by Crippen LogP contribution is 2.29. The number of carbonyl (C=O) groups is 1. The van der Waals surface area contributed by atoms with Gasteiger partial charge in [-0.2, -0.15) is 0 Å². The molecule has 19 heavy (non-hydrogen) atoms. The van der Waals surface area contributed by atoms with E-state index in [1.165, 1.54) is 7.05 Å². The van der Waals surface area contributed by atoms with Crippen LogP contribution in [0, 0.1) is 28.7 Å². The molecule has 0 aliphatic carbocycles. The zero-order valence-corrected chi connectivity index (χ0v) is 9.73. The number of nitrogens with one attached hydrogen (secondary N) is 2. The molecule has 8 heteroatoms. The molecule has 1 atom stereocenters. The number of guanidine groups is 1. The lowest BCUT2D eigenvalue weighted by Crippen LogP contribution is -2.50. The van der Waals surface area contributed by atoms with E-state index in [1.54, 1.807) is 0 Å². The second-order valence-electron chi connectivity index (χ2n) is 4.08. The van der Waals surface area contributed by atoms with Gasteiger partial charge in [-0.15, -0.1) is 0 Å². The number of halogens is 4. The fraction of sp³-hybridized carbons (Fsp3) is 0.273. The number of rotatable bonds is 1. The molecule has 1 amide bonds. The fourth-order valence-electron chi connectivity index (χ4n) is 1.82. The molecular weight excluding hydrogens is 266 g/mol. The maximum atomic E-state index is 13.6. The van der Waals surface area contributed by atoms with Crippen molar-refractivity contribution in [2.24, 2.45) is 0 Å². The van der Waals surface area contributed by atoms with E-state index in [2.05, 4.69) is 5.32 Å². The van der Waals surface area contributed by atoms with Gasteiger partial charge in [-0.3, -0.25) is 15.1 Å². The van der Waals surface area contributed by atoms with Crippen LogP contribution in [0.1, 0.15) is 18.0 Å². The van der Waals surface area contributed by atoms with Crippen LogP contribution in [0.5, 0.6) is 0 Å². The first kappa shape index (κ1) is 13.3. The van der Waals surface area contributed by atoms with Gasteiger partial charge in [0, 0.05) is 18.7 Å². The number of benzene rings is 1. The van der Waals surface area contributed by atoms with Crippen LogP contribution in [0.15, 0.2) is 6.07 Å². The Bertz CT molecular complexity index is 558. The molecule has 0 unspecified atom stereocenters. The molecule has 0 spiro atoms. The summed E-state index contributed by atoms with van der Waals surface area (Å²) >= 11 is 0. The van der Waals surface area contributed by atoms with Crippen molar-refractivity contribution in [2.45, 2.75) is 12.5 Å². The zero-order chi connectivity index (χ0) is 14.3. The summed E-state index contributed by atoms with van der Waals surface area (Å²) in [6, 6.07) is -1.03. The fourth-order valence-corrected chi connectivity index (χ4v) is 1.82. The van der Waals surface area contributed by atoms with E-state index < -0.39 is 40.8 Å². The lowest BCUT2D eigenvalue weighted by Gasteiger charge is -2.31. The van der Waals surface area contributed by atoms with Gasteiger partial charge in [0.1, 0.15) is 5.82 Å². The smallest absolute Gasteiger partial charge is 0.231 e. The molecule has 1 aromatic rings. The summed E-state index contributed by atoms with van der Waals surface area (Å²) in [5, 5.41) is 9.78. The maximum Gasteiger partial charge on any atom is 0.231 e. The Morgan fingerprint density at radius 2 is 1.89 bits per heavy atom. The monoisotopic (exact) mass is 275 g/mol. The Morgan fingerprint density at radius 1 is 1.26 bits per heavy atom. The van der Waals surface area contributed by atoms with Gasteiger partial charge in [0.05, 0.1) is 12.5 Å². The lowest BCUT2D eigenvalue weighted by atomic mass is 9.99. The summed E-state index contributed by atoms with van der Waals surface area (Å²) < 4.78 is 53.0. The van der Waals surface area contributed by atoms with E-state index in [9.17, 15) is 22.4 Å². The van der Waals surface area contributed by atoms with Crippen LogP contribution in [-0.4, -0.2) is 23.8 Å². The Hall–Kier alpha value is -2.12. The topological polar surface area (TPSA) is 56.2 Å². The van der Waals surface area contributed by atoms with Gasteiger partial charge in [-0.05, 0) is 0 Å². The van der Waals surface area contributed by atoms with Crippen molar-refractivity contribution in [1.82, 2.24) is 10.2 Å². The summed E-state index contributed by atoms with van der Waals surface area (Å²) in [5.74, 6) is -7.38. The van der Waals surface area contributed by atoms with Crippen LogP contribution in [0.4, 0.5) is 17.6 Å². The largest absolute Gasteiger partial charge is 0.349 e. The van der Waals surface area contributed by atoms with E-state index in [4.69, 9.17) is 5.41 Å². The molecule has 0 saturated carbocycles. The summed E-state index contributed by atoms with van der Waals surface area (Å²) in [4.78, 5) is 12.4. The quantitative estimate of drug-likeness (QED) is 0.465. The summed E-state index contributed by atoms with van der Waals surface area (Å²) in [6.07, 6.45) is -0.363. The third-order valence-corrected chi connectivity index (χ3v) is 2.90. The molecule has 2 rings (SSSR count). The Labute approximate surface area is 105 Å². The van der Waals surface area contributed by atoms with Crippen molar-refractivity contribution in [3.05, 3.63) is 34.9 Å². The van der Waals surface area contributed by atoms with E-state index in [1.807, 2.05) is 0 Å². The number of amides is 1. The van der Waals surface area contributed by atoms with Crippen LogP contribution >= 0.6 is 0 Å².